The Kier molecular flexibility index (Phi) is 3.43. The van der Waals surface area contributed by atoms with Gasteiger partial charge < -0.3 is 4.57 Å². The first-order chi connectivity index (χ1) is 11.1. The van der Waals surface area contributed by atoms with Gasteiger partial charge in [-0.05, 0) is 29.1 Å². The molecular weight excluding hydrogens is 328 g/mol. The second kappa shape index (κ2) is 5.47. The number of nitrogens with one attached hydrogen (secondary N) is 1. The molecule has 0 saturated carbocycles. The number of nitrogens with zero attached hydrogens (tertiary/aromatic N) is 1. The van der Waals surface area contributed by atoms with Gasteiger partial charge in [-0.25, -0.2) is 0 Å². The Labute approximate surface area is 139 Å². The maximum atomic E-state index is 12.1. The molecule has 0 aliphatic carbocycles. The molecule has 2 atom stereocenters. The number of hydrogen-bond donors (Lipinski definition) is 1. The van der Waals surface area contributed by atoms with Gasteiger partial charge in [-0.2, -0.15) is 0 Å². The maximum Gasteiger partial charge on any atom is 0.280 e. The molecule has 1 aliphatic rings. The van der Waals surface area contributed by atoms with Gasteiger partial charge in [0.1, 0.15) is 5.25 Å². The van der Waals surface area contributed by atoms with Crippen molar-refractivity contribution in [3.8, 4) is 0 Å². The maximum absolute atomic E-state index is 12.1. The zero-order valence-electron chi connectivity index (χ0n) is 12.2. The van der Waals surface area contributed by atoms with Crippen LogP contribution in [0.25, 0.3) is 10.9 Å². The molecule has 0 bridgehead atoms. The smallest absolute Gasteiger partial charge is 0.280 e. The molecule has 0 spiro atoms. The minimum atomic E-state index is -0.871. The van der Waals surface area contributed by atoms with Crippen LogP contribution >= 0.6 is 21.8 Å². The molecule has 0 radical (unpaired) electrons. The largest absolute Gasteiger partial charge is 0.342 e. The molecule has 4 nitrogen and oxygen atoms in total. The molecule has 2 unspecified atom stereocenters. The fourth-order valence-corrected chi connectivity index (χ4v) is 4.92. The summed E-state index contributed by atoms with van der Waals surface area (Å²) in [7, 11) is -0.871. The lowest BCUT2D eigenvalue weighted by Crippen LogP contribution is -2.20. The van der Waals surface area contributed by atoms with Crippen LogP contribution in [0.1, 0.15) is 15.7 Å². The summed E-state index contributed by atoms with van der Waals surface area (Å²) in [6.07, 6.45) is 2.03. The molecule has 1 saturated heterocycles. The first kappa shape index (κ1) is 14.4. The Bertz CT molecular complexity index is 941. The quantitative estimate of drug-likeness (QED) is 0.737. The molecule has 1 aliphatic heterocycles. The molecule has 1 fully saturated rings. The number of amides is 2. The van der Waals surface area contributed by atoms with Crippen LogP contribution in [0.15, 0.2) is 48.0 Å². The van der Waals surface area contributed by atoms with E-state index in [-0.39, 0.29) is 11.1 Å². The Hall–Kier alpha value is -2.18. The van der Waals surface area contributed by atoms with Gasteiger partial charge in [-0.1, -0.05) is 34.6 Å². The summed E-state index contributed by atoms with van der Waals surface area (Å²) < 4.78 is 2.17. The van der Waals surface area contributed by atoms with Gasteiger partial charge in [0, 0.05) is 22.0 Å². The highest BCUT2D eigenvalue weighted by atomic mass is 32.2. The zero-order valence-corrected chi connectivity index (χ0v) is 13.8. The summed E-state index contributed by atoms with van der Waals surface area (Å²) in [4.78, 5) is 25.1. The predicted octanol–water partition coefficient (Wildman–Crippen LogP) is 3.74. The van der Waals surface area contributed by atoms with Gasteiger partial charge in [0.2, 0.25) is 5.91 Å². The third kappa shape index (κ3) is 2.34. The van der Waals surface area contributed by atoms with Gasteiger partial charge in [0.25, 0.3) is 5.24 Å². The van der Waals surface area contributed by atoms with Crippen molar-refractivity contribution in [1.82, 2.24) is 9.88 Å². The highest BCUT2D eigenvalue weighted by Gasteiger charge is 2.36. The molecule has 3 heterocycles. The lowest BCUT2D eigenvalue weighted by atomic mass is 10.1. The van der Waals surface area contributed by atoms with E-state index in [2.05, 4.69) is 27.2 Å². The van der Waals surface area contributed by atoms with Crippen molar-refractivity contribution in [2.24, 2.45) is 0 Å². The van der Waals surface area contributed by atoms with Gasteiger partial charge in [0.05, 0.1) is 6.54 Å². The van der Waals surface area contributed by atoms with Crippen molar-refractivity contribution < 1.29 is 9.59 Å². The average molecular weight is 342 g/mol. The monoisotopic (exact) mass is 342 g/mol. The molecule has 6 heteroatoms. The van der Waals surface area contributed by atoms with Gasteiger partial charge in [0.15, 0.2) is 0 Å². The fraction of sp³-hybridized carbons (Fsp3) is 0.118. The summed E-state index contributed by atoms with van der Waals surface area (Å²) in [6.45, 7) is 0.802. The molecule has 4 rings (SSSR count). The summed E-state index contributed by atoms with van der Waals surface area (Å²) >= 11 is 1.72. The first-order valence-electron chi connectivity index (χ1n) is 7.13. The third-order valence-electron chi connectivity index (χ3n) is 4.02. The van der Waals surface area contributed by atoms with E-state index in [0.717, 1.165) is 23.0 Å². The van der Waals surface area contributed by atoms with E-state index in [1.54, 1.807) is 11.3 Å². The number of hydrogen-bond acceptors (Lipinski definition) is 3. The number of aromatic nitrogens is 1. The molecule has 116 valence electrons. The van der Waals surface area contributed by atoms with E-state index >= 15 is 0 Å². The Morgan fingerprint density at radius 3 is 2.78 bits per heavy atom. The molecular formula is C17H14N2O2S2. The van der Waals surface area contributed by atoms with Gasteiger partial charge in [-0.3, -0.25) is 14.9 Å². The number of rotatable bonds is 3. The van der Waals surface area contributed by atoms with Crippen LogP contribution in [0.2, 0.25) is 0 Å². The Balaban J connectivity index is 1.80. The summed E-state index contributed by atoms with van der Waals surface area (Å²) in [5.74, 6) is 3.65. The number of carbonyl (C=O) groups excluding carboxylic acids is 2. The summed E-state index contributed by atoms with van der Waals surface area (Å²) in [5.41, 5.74) is 1.95. The number of carbonyl (C=O) groups is 2. The van der Waals surface area contributed by atoms with Crippen molar-refractivity contribution in [2.75, 3.05) is 0 Å². The summed E-state index contributed by atoms with van der Waals surface area (Å²) in [5, 5.41) is 4.72. The van der Waals surface area contributed by atoms with Crippen LogP contribution in [0.3, 0.4) is 0 Å². The van der Waals surface area contributed by atoms with Crippen molar-refractivity contribution in [1.29, 1.82) is 0 Å². The molecule has 1 aromatic carbocycles. The fourth-order valence-electron chi connectivity index (χ4n) is 2.95. The Morgan fingerprint density at radius 1 is 1.22 bits per heavy atom. The van der Waals surface area contributed by atoms with Crippen LogP contribution in [0.4, 0.5) is 4.79 Å². The van der Waals surface area contributed by atoms with E-state index in [1.165, 1.54) is 4.88 Å². The van der Waals surface area contributed by atoms with E-state index < -0.39 is 15.7 Å². The Morgan fingerprint density at radius 2 is 2.09 bits per heavy atom. The highest BCUT2D eigenvalue weighted by Crippen LogP contribution is 2.42. The van der Waals surface area contributed by atoms with Gasteiger partial charge >= 0.3 is 0 Å². The van der Waals surface area contributed by atoms with Crippen molar-refractivity contribution in [3.63, 3.8) is 0 Å². The average Bonchev–Trinajstić information content (AvgIpc) is 3.23. The minimum absolute atomic E-state index is 0.244. The van der Waals surface area contributed by atoms with E-state index in [4.69, 9.17) is 0 Å². The predicted molar refractivity (Wildman–Crippen MR) is 96.4 cm³/mol. The normalized spacial score (nSPS) is 21.0. The lowest BCUT2D eigenvalue weighted by molar-refractivity contribution is -0.119. The second-order valence-electron chi connectivity index (χ2n) is 5.39. The topological polar surface area (TPSA) is 51.1 Å². The van der Waals surface area contributed by atoms with Crippen LogP contribution in [0, 0.1) is 0 Å². The van der Waals surface area contributed by atoms with Crippen LogP contribution in [0.5, 0.6) is 0 Å². The van der Waals surface area contributed by atoms with Crippen molar-refractivity contribution in [3.05, 3.63) is 58.4 Å². The first-order valence-corrected chi connectivity index (χ1v) is 9.46. The van der Waals surface area contributed by atoms with Gasteiger partial charge in [-0.15, -0.1) is 11.3 Å². The SMILES string of the molecule is C=S1C(=O)NC(=O)C1c1cccc2c1ccn2Cc1cccs1. The standard InChI is InChI=1S/C17H14N2O2S2/c1-23-15(16(20)18-17(23)21)13-5-2-6-14-12(13)7-8-19(14)10-11-4-3-9-22-11/h2-9,15H,1,10H2,(H,18,20,21). The number of imide groups is 1. The number of benzene rings is 1. The number of thiophene rings is 1. The molecule has 1 N–H and O–H groups in total. The highest BCUT2D eigenvalue weighted by molar-refractivity contribution is 8.28. The number of fused-ring (bicyclic) bond motifs is 1. The van der Waals surface area contributed by atoms with Crippen LogP contribution < -0.4 is 5.32 Å². The molecule has 2 amide bonds. The minimum Gasteiger partial charge on any atom is -0.342 e. The zero-order chi connectivity index (χ0) is 16.0. The molecule has 23 heavy (non-hydrogen) atoms. The van der Waals surface area contributed by atoms with E-state index in [0.29, 0.717) is 0 Å². The lowest BCUT2D eigenvalue weighted by Gasteiger charge is -2.11. The van der Waals surface area contributed by atoms with E-state index in [9.17, 15) is 9.59 Å². The molecule has 2 aromatic heterocycles. The van der Waals surface area contributed by atoms with Crippen molar-refractivity contribution in [2.45, 2.75) is 11.8 Å². The summed E-state index contributed by atoms with van der Waals surface area (Å²) in [6, 6.07) is 12.1. The van der Waals surface area contributed by atoms with E-state index in [1.807, 2.05) is 36.5 Å². The van der Waals surface area contributed by atoms with Crippen LogP contribution in [-0.4, -0.2) is 21.6 Å². The second-order valence-corrected chi connectivity index (χ2v) is 8.12. The van der Waals surface area contributed by atoms with Crippen molar-refractivity contribution >= 4 is 49.7 Å². The van der Waals surface area contributed by atoms with Crippen LogP contribution in [-0.2, 0) is 11.3 Å². The third-order valence-corrected chi connectivity index (χ3v) is 6.50. The molecule has 3 aromatic rings.